The molecule has 0 amide bonds. The van der Waals surface area contributed by atoms with Crippen LogP contribution < -0.4 is 16.2 Å². The quantitative estimate of drug-likeness (QED) is 0.597. The van der Waals surface area contributed by atoms with Gasteiger partial charge in [-0.05, 0) is 6.92 Å². The highest BCUT2D eigenvalue weighted by Gasteiger charge is 2.22. The van der Waals surface area contributed by atoms with Crippen LogP contribution >= 0.6 is 0 Å². The molecular formula is C10H14F2N4O. The molecule has 17 heavy (non-hydrogen) atoms. The zero-order chi connectivity index (χ0) is 12.4. The number of nitrogen functional groups attached to an aromatic ring is 1. The van der Waals surface area contributed by atoms with E-state index in [1.807, 2.05) is 6.92 Å². The van der Waals surface area contributed by atoms with Gasteiger partial charge in [-0.2, -0.15) is 0 Å². The van der Waals surface area contributed by atoms with Crippen molar-refractivity contribution in [2.75, 3.05) is 30.0 Å². The average Bonchev–Trinajstić information content (AvgIpc) is 2.29. The van der Waals surface area contributed by atoms with E-state index >= 15 is 0 Å². The molecule has 7 heteroatoms. The predicted molar refractivity (Wildman–Crippen MR) is 59.6 cm³/mol. The molecule has 94 valence electrons. The Kier molecular flexibility index (Phi) is 3.39. The van der Waals surface area contributed by atoms with Crippen LogP contribution in [-0.4, -0.2) is 30.8 Å². The summed E-state index contributed by atoms with van der Waals surface area (Å²) in [6, 6.07) is 0.775. The van der Waals surface area contributed by atoms with E-state index in [0.29, 0.717) is 19.7 Å². The van der Waals surface area contributed by atoms with E-state index in [9.17, 15) is 8.78 Å². The highest BCUT2D eigenvalue weighted by Crippen LogP contribution is 2.23. The summed E-state index contributed by atoms with van der Waals surface area (Å²) in [5, 5.41) is 0. The highest BCUT2D eigenvalue weighted by molar-refractivity contribution is 5.49. The number of nitrogens with two attached hydrogens (primary N) is 1. The van der Waals surface area contributed by atoms with E-state index in [1.54, 1.807) is 4.90 Å². The zero-order valence-corrected chi connectivity index (χ0v) is 9.41. The van der Waals surface area contributed by atoms with Gasteiger partial charge in [0.15, 0.2) is 23.3 Å². The molecule has 3 N–H and O–H groups in total. The van der Waals surface area contributed by atoms with Gasteiger partial charge in [-0.3, -0.25) is 0 Å². The van der Waals surface area contributed by atoms with Crippen LogP contribution in [0, 0.1) is 11.6 Å². The first kappa shape index (κ1) is 12.0. The maximum atomic E-state index is 13.6. The van der Waals surface area contributed by atoms with E-state index in [-0.39, 0.29) is 17.7 Å². The van der Waals surface area contributed by atoms with Crippen molar-refractivity contribution in [3.8, 4) is 0 Å². The summed E-state index contributed by atoms with van der Waals surface area (Å²) in [6.07, 6.45) is -0.00992. The maximum Gasteiger partial charge on any atom is 0.178 e. The number of nitrogens with zero attached hydrogens (tertiary/aromatic N) is 2. The normalized spacial score (nSPS) is 20.5. The lowest BCUT2D eigenvalue weighted by molar-refractivity contribution is 0.0527. The lowest BCUT2D eigenvalue weighted by atomic mass is 10.3. The van der Waals surface area contributed by atoms with Gasteiger partial charge in [-0.1, -0.05) is 0 Å². The number of rotatable bonds is 2. The lowest BCUT2D eigenvalue weighted by Gasteiger charge is -2.32. The molecule has 2 heterocycles. The van der Waals surface area contributed by atoms with Crippen molar-refractivity contribution >= 4 is 11.6 Å². The van der Waals surface area contributed by atoms with Gasteiger partial charge < -0.3 is 15.1 Å². The minimum Gasteiger partial charge on any atom is -0.375 e. The summed E-state index contributed by atoms with van der Waals surface area (Å²) in [5.41, 5.74) is 2.10. The number of hydrogen-bond acceptors (Lipinski definition) is 5. The van der Waals surface area contributed by atoms with Crippen LogP contribution in [0.4, 0.5) is 20.4 Å². The van der Waals surface area contributed by atoms with Gasteiger partial charge >= 0.3 is 0 Å². The summed E-state index contributed by atoms with van der Waals surface area (Å²) in [5.74, 6) is 3.53. The Labute approximate surface area is 97.5 Å². The Bertz CT molecular complexity index is 416. The number of pyridine rings is 1. The molecule has 1 aliphatic heterocycles. The Hall–Kier alpha value is -1.47. The third-order valence-electron chi connectivity index (χ3n) is 2.59. The molecule has 0 aliphatic carbocycles. The molecule has 2 rings (SSSR count). The summed E-state index contributed by atoms with van der Waals surface area (Å²) in [4.78, 5) is 5.54. The van der Waals surface area contributed by atoms with E-state index in [2.05, 4.69) is 10.4 Å². The lowest BCUT2D eigenvalue weighted by Crippen LogP contribution is -2.42. The SMILES string of the molecule is CC1CN(c2nc(NN)c(F)cc2F)CCO1. The average molecular weight is 244 g/mol. The molecule has 1 aromatic rings. The number of anilines is 2. The Morgan fingerprint density at radius 1 is 1.53 bits per heavy atom. The molecule has 0 saturated carbocycles. The van der Waals surface area contributed by atoms with Crippen molar-refractivity contribution in [1.29, 1.82) is 0 Å². The fraction of sp³-hybridized carbons (Fsp3) is 0.500. The van der Waals surface area contributed by atoms with Crippen molar-refractivity contribution in [2.45, 2.75) is 13.0 Å². The summed E-state index contributed by atoms with van der Waals surface area (Å²) in [7, 11) is 0. The van der Waals surface area contributed by atoms with Crippen LogP contribution in [0.3, 0.4) is 0 Å². The number of halogens is 2. The fourth-order valence-corrected chi connectivity index (χ4v) is 1.79. The topological polar surface area (TPSA) is 63.4 Å². The standard InChI is InChI=1S/C10H14F2N4O/c1-6-5-16(2-3-17-6)10-8(12)4-7(11)9(14-10)15-13/h4,6H,2-3,5,13H2,1H3,(H,14,15). The molecule has 1 atom stereocenters. The van der Waals surface area contributed by atoms with E-state index in [4.69, 9.17) is 10.6 Å². The Balaban J connectivity index is 2.30. The Morgan fingerprint density at radius 2 is 2.29 bits per heavy atom. The zero-order valence-electron chi connectivity index (χ0n) is 9.41. The summed E-state index contributed by atoms with van der Waals surface area (Å²) in [6.45, 7) is 3.41. The van der Waals surface area contributed by atoms with Crippen molar-refractivity contribution in [3.05, 3.63) is 17.7 Å². The van der Waals surface area contributed by atoms with Crippen LogP contribution in [0.15, 0.2) is 6.07 Å². The van der Waals surface area contributed by atoms with Gasteiger partial charge in [0.05, 0.1) is 12.7 Å². The van der Waals surface area contributed by atoms with Crippen LogP contribution in [0.5, 0.6) is 0 Å². The molecule has 0 spiro atoms. The van der Waals surface area contributed by atoms with Gasteiger partial charge in [0.2, 0.25) is 0 Å². The molecule has 5 nitrogen and oxygen atoms in total. The number of aromatic nitrogens is 1. The summed E-state index contributed by atoms with van der Waals surface area (Å²) < 4.78 is 32.2. The van der Waals surface area contributed by atoms with Crippen LogP contribution in [0.1, 0.15) is 6.92 Å². The highest BCUT2D eigenvalue weighted by atomic mass is 19.1. The van der Waals surface area contributed by atoms with E-state index in [1.165, 1.54) is 0 Å². The van der Waals surface area contributed by atoms with Crippen LogP contribution in [0.25, 0.3) is 0 Å². The van der Waals surface area contributed by atoms with Crippen molar-refractivity contribution in [3.63, 3.8) is 0 Å². The second-order valence-corrected chi connectivity index (χ2v) is 3.90. The predicted octanol–water partition coefficient (Wildman–Crippen LogP) is 0.870. The minimum absolute atomic E-state index is 0.00992. The molecule has 1 aliphatic rings. The number of morpholine rings is 1. The molecular weight excluding hydrogens is 230 g/mol. The molecule has 0 aromatic carbocycles. The molecule has 1 fully saturated rings. The first-order chi connectivity index (χ1) is 8.11. The van der Waals surface area contributed by atoms with E-state index < -0.39 is 11.6 Å². The number of hydrogen-bond donors (Lipinski definition) is 2. The number of ether oxygens (including phenoxy) is 1. The molecule has 1 saturated heterocycles. The van der Waals surface area contributed by atoms with Gasteiger partial charge in [0, 0.05) is 19.2 Å². The monoisotopic (exact) mass is 244 g/mol. The second-order valence-electron chi connectivity index (χ2n) is 3.90. The maximum absolute atomic E-state index is 13.6. The molecule has 0 radical (unpaired) electrons. The first-order valence-corrected chi connectivity index (χ1v) is 5.31. The molecule has 0 bridgehead atoms. The van der Waals surface area contributed by atoms with Gasteiger partial charge in [-0.15, -0.1) is 0 Å². The van der Waals surface area contributed by atoms with Crippen molar-refractivity contribution < 1.29 is 13.5 Å². The summed E-state index contributed by atoms with van der Waals surface area (Å²) >= 11 is 0. The number of nitrogens with one attached hydrogen (secondary N) is 1. The fourth-order valence-electron chi connectivity index (χ4n) is 1.79. The first-order valence-electron chi connectivity index (χ1n) is 5.31. The molecule has 1 unspecified atom stereocenters. The molecule has 1 aromatic heterocycles. The van der Waals surface area contributed by atoms with Crippen molar-refractivity contribution in [2.24, 2.45) is 5.84 Å². The largest absolute Gasteiger partial charge is 0.375 e. The smallest absolute Gasteiger partial charge is 0.178 e. The van der Waals surface area contributed by atoms with Crippen molar-refractivity contribution in [1.82, 2.24) is 4.98 Å². The van der Waals surface area contributed by atoms with Gasteiger partial charge in [0.1, 0.15) is 0 Å². The Morgan fingerprint density at radius 3 is 2.94 bits per heavy atom. The minimum atomic E-state index is -0.810. The third kappa shape index (κ3) is 2.45. The van der Waals surface area contributed by atoms with E-state index in [0.717, 1.165) is 6.07 Å². The van der Waals surface area contributed by atoms with Crippen LogP contribution in [-0.2, 0) is 4.74 Å². The van der Waals surface area contributed by atoms with Gasteiger partial charge in [-0.25, -0.2) is 19.6 Å². The number of hydrazine groups is 1. The van der Waals surface area contributed by atoms with Gasteiger partial charge in [0.25, 0.3) is 0 Å². The van der Waals surface area contributed by atoms with Crippen LogP contribution in [0.2, 0.25) is 0 Å². The second kappa shape index (κ2) is 4.80. The third-order valence-corrected chi connectivity index (χ3v) is 2.59.